The number of aliphatic carboxylic acids is 2. The van der Waals surface area contributed by atoms with E-state index in [0.717, 1.165) is 41.9 Å². The van der Waals surface area contributed by atoms with Crippen molar-refractivity contribution in [3.8, 4) is 0 Å². The van der Waals surface area contributed by atoms with Crippen LogP contribution in [-0.2, 0) is 9.59 Å². The quantitative estimate of drug-likeness (QED) is 0.264. The molecule has 0 heterocycles. The first-order valence-corrected chi connectivity index (χ1v) is 16.0. The summed E-state index contributed by atoms with van der Waals surface area (Å²) < 4.78 is 0. The van der Waals surface area contributed by atoms with Crippen LogP contribution in [0.2, 0.25) is 0 Å². The number of carboxylic acids is 2. The average molecular weight is 535 g/mol. The Labute approximate surface area is 232 Å². The van der Waals surface area contributed by atoms with Gasteiger partial charge in [0, 0.05) is 6.61 Å². The highest BCUT2D eigenvalue weighted by atomic mass is 16.4. The zero-order chi connectivity index (χ0) is 28.1. The number of carbonyl (C=O) groups is 2. The molecule has 0 aliphatic heterocycles. The summed E-state index contributed by atoms with van der Waals surface area (Å²) in [4.78, 5) is 19.3. The third-order valence-electron chi connectivity index (χ3n) is 12.3. The molecule has 0 saturated heterocycles. The first kappa shape index (κ1) is 31.4. The van der Waals surface area contributed by atoms with Gasteiger partial charge < -0.3 is 15.3 Å². The van der Waals surface area contributed by atoms with Crippen LogP contribution in [-0.4, -0.2) is 33.9 Å². The van der Waals surface area contributed by atoms with Crippen LogP contribution >= 0.6 is 0 Å². The average Bonchev–Trinajstić information content (AvgIpc) is 3.22. The first-order valence-electron chi connectivity index (χ1n) is 16.0. The highest BCUT2D eigenvalue weighted by molar-refractivity contribution is 5.75. The SMILES string of the molecule is CC(C)C(CCO)CCC(C)[C@H]1CC[C@H]2[C@@H]3CCC4CCCC[C@]4(C)[C@H]3CC[C@]12C.O=C(O)CCC(=O)O. The fourth-order valence-electron chi connectivity index (χ4n) is 10.1. The van der Waals surface area contributed by atoms with Gasteiger partial charge in [-0.3, -0.25) is 9.59 Å². The van der Waals surface area contributed by atoms with Crippen LogP contribution in [0.15, 0.2) is 0 Å². The van der Waals surface area contributed by atoms with Crippen LogP contribution in [0, 0.1) is 58.2 Å². The molecule has 4 aliphatic rings. The normalized spacial score (nSPS) is 37.7. The molecule has 0 radical (unpaired) electrons. The van der Waals surface area contributed by atoms with E-state index in [2.05, 4.69) is 34.6 Å². The zero-order valence-electron chi connectivity index (χ0n) is 25.1. The molecular weight excluding hydrogens is 476 g/mol. The summed E-state index contributed by atoms with van der Waals surface area (Å²) in [6, 6.07) is 0. The Bertz CT molecular complexity index is 765. The molecule has 0 bridgehead atoms. The molecule has 0 aromatic heterocycles. The number of rotatable bonds is 10. The number of aliphatic hydroxyl groups is 1. The van der Waals surface area contributed by atoms with E-state index in [-0.39, 0.29) is 12.8 Å². The van der Waals surface area contributed by atoms with E-state index in [1.54, 1.807) is 12.8 Å². The molecule has 5 nitrogen and oxygen atoms in total. The molecule has 0 aromatic rings. The topological polar surface area (TPSA) is 94.8 Å². The molecule has 4 rings (SSSR count). The van der Waals surface area contributed by atoms with Crippen molar-refractivity contribution >= 4 is 11.9 Å². The third-order valence-corrected chi connectivity index (χ3v) is 12.3. The van der Waals surface area contributed by atoms with Crippen molar-refractivity contribution < 1.29 is 24.9 Å². The molecule has 0 spiro atoms. The summed E-state index contributed by atoms with van der Waals surface area (Å²) >= 11 is 0. The standard InChI is InChI=1S/C29H52O.C4H6O4/c1-20(2)22(16-19-30)10-9-21(3)25-13-14-26-24-12-11-23-8-6-7-17-28(23,4)27(24)15-18-29(25,26)5;5-3(6)1-2-4(7)8/h20-27,30H,6-19H2,1-5H3;1-2H2,(H,5,6)(H,7,8)/t21?,22?,23?,24-,25+,26-,27-,28-,29+;/m0./s1. The van der Waals surface area contributed by atoms with Crippen LogP contribution in [0.4, 0.5) is 0 Å². The summed E-state index contributed by atoms with van der Waals surface area (Å²) in [6.45, 7) is 13.1. The number of hydrogen-bond donors (Lipinski definition) is 3. The predicted octanol–water partition coefficient (Wildman–Crippen LogP) is 8.04. The Morgan fingerprint density at radius 2 is 1.42 bits per heavy atom. The maximum atomic E-state index is 9.64. The minimum Gasteiger partial charge on any atom is -0.481 e. The van der Waals surface area contributed by atoms with Gasteiger partial charge in [-0.15, -0.1) is 0 Å². The number of fused-ring (bicyclic) bond motifs is 5. The van der Waals surface area contributed by atoms with Gasteiger partial charge in [0.15, 0.2) is 0 Å². The molecule has 220 valence electrons. The Morgan fingerprint density at radius 3 is 2.03 bits per heavy atom. The smallest absolute Gasteiger partial charge is 0.303 e. The summed E-state index contributed by atoms with van der Waals surface area (Å²) in [5, 5.41) is 25.3. The lowest BCUT2D eigenvalue weighted by atomic mass is 9.44. The van der Waals surface area contributed by atoms with Gasteiger partial charge in [-0.05, 0) is 122 Å². The maximum Gasteiger partial charge on any atom is 0.303 e. The molecule has 38 heavy (non-hydrogen) atoms. The van der Waals surface area contributed by atoms with Gasteiger partial charge in [0.25, 0.3) is 0 Å². The molecule has 3 N–H and O–H groups in total. The van der Waals surface area contributed by atoms with Crippen molar-refractivity contribution in [3.05, 3.63) is 0 Å². The molecule has 4 saturated carbocycles. The molecule has 5 heteroatoms. The Hall–Kier alpha value is -1.10. The van der Waals surface area contributed by atoms with E-state index >= 15 is 0 Å². The molecule has 4 fully saturated rings. The van der Waals surface area contributed by atoms with E-state index in [4.69, 9.17) is 10.2 Å². The number of hydrogen-bond acceptors (Lipinski definition) is 3. The molecular formula is C33H58O5. The fraction of sp³-hybridized carbons (Fsp3) is 0.939. The third kappa shape index (κ3) is 6.96. The van der Waals surface area contributed by atoms with Crippen LogP contribution in [0.5, 0.6) is 0 Å². The van der Waals surface area contributed by atoms with Gasteiger partial charge in [0.1, 0.15) is 0 Å². The fourth-order valence-corrected chi connectivity index (χ4v) is 10.1. The van der Waals surface area contributed by atoms with E-state index in [1.807, 2.05) is 0 Å². The highest BCUT2D eigenvalue weighted by Gasteiger charge is 2.60. The predicted molar refractivity (Wildman–Crippen MR) is 153 cm³/mol. The van der Waals surface area contributed by atoms with Crippen molar-refractivity contribution in [1.82, 2.24) is 0 Å². The molecule has 0 aromatic carbocycles. The van der Waals surface area contributed by atoms with Crippen molar-refractivity contribution in [2.24, 2.45) is 58.2 Å². The number of aliphatic hydroxyl groups excluding tert-OH is 1. The van der Waals surface area contributed by atoms with Gasteiger partial charge in [-0.2, -0.15) is 0 Å². The van der Waals surface area contributed by atoms with Gasteiger partial charge in [-0.1, -0.05) is 53.9 Å². The summed E-state index contributed by atoms with van der Waals surface area (Å²) in [6.07, 6.45) is 18.3. The zero-order valence-corrected chi connectivity index (χ0v) is 25.1. The first-order chi connectivity index (χ1) is 17.9. The van der Waals surface area contributed by atoms with E-state index in [9.17, 15) is 14.7 Å². The second kappa shape index (κ2) is 13.5. The summed E-state index contributed by atoms with van der Waals surface area (Å²) in [5.74, 6) is 5.21. The Kier molecular flexibility index (Phi) is 11.2. The van der Waals surface area contributed by atoms with Gasteiger partial charge in [0.2, 0.25) is 0 Å². The van der Waals surface area contributed by atoms with Crippen LogP contribution in [0.3, 0.4) is 0 Å². The molecule has 3 unspecified atom stereocenters. The van der Waals surface area contributed by atoms with Gasteiger partial charge in [0.05, 0.1) is 12.8 Å². The maximum absolute atomic E-state index is 9.64. The Morgan fingerprint density at radius 1 is 0.763 bits per heavy atom. The lowest BCUT2D eigenvalue weighted by Crippen LogP contribution is -2.53. The van der Waals surface area contributed by atoms with Crippen molar-refractivity contribution in [3.63, 3.8) is 0 Å². The van der Waals surface area contributed by atoms with Crippen LogP contribution in [0.25, 0.3) is 0 Å². The van der Waals surface area contributed by atoms with Crippen molar-refractivity contribution in [1.29, 1.82) is 0 Å². The van der Waals surface area contributed by atoms with Crippen LogP contribution in [0.1, 0.15) is 131 Å². The summed E-state index contributed by atoms with van der Waals surface area (Å²) in [7, 11) is 0. The van der Waals surface area contributed by atoms with Gasteiger partial charge >= 0.3 is 11.9 Å². The van der Waals surface area contributed by atoms with E-state index < -0.39 is 11.9 Å². The second-order valence-electron chi connectivity index (χ2n) is 14.5. The summed E-state index contributed by atoms with van der Waals surface area (Å²) in [5.41, 5.74) is 1.30. The highest BCUT2D eigenvalue weighted by Crippen LogP contribution is 2.68. The van der Waals surface area contributed by atoms with Crippen molar-refractivity contribution in [2.45, 2.75) is 131 Å². The lowest BCUT2D eigenvalue weighted by molar-refractivity contribution is -0.143. The second-order valence-corrected chi connectivity index (χ2v) is 14.5. The molecule has 4 aliphatic carbocycles. The monoisotopic (exact) mass is 534 g/mol. The molecule has 0 amide bonds. The number of carboxylic acid groups (broad SMARTS) is 2. The minimum absolute atomic E-state index is 0.296. The largest absolute Gasteiger partial charge is 0.481 e. The minimum atomic E-state index is -1.08. The van der Waals surface area contributed by atoms with Crippen molar-refractivity contribution in [2.75, 3.05) is 6.61 Å². The van der Waals surface area contributed by atoms with E-state index in [1.165, 1.54) is 64.2 Å². The lowest BCUT2D eigenvalue weighted by Gasteiger charge is -2.61. The van der Waals surface area contributed by atoms with E-state index in [0.29, 0.717) is 29.3 Å². The molecule has 9 atom stereocenters. The van der Waals surface area contributed by atoms with Crippen LogP contribution < -0.4 is 0 Å². The van der Waals surface area contributed by atoms with Gasteiger partial charge in [-0.25, -0.2) is 0 Å². The Balaban J connectivity index is 0.000000436.